The number of halogens is 1. The molecule has 0 spiro atoms. The molecule has 0 saturated carbocycles. The fraction of sp³-hybridized carbons (Fsp3) is 0.417. The highest BCUT2D eigenvalue weighted by Gasteiger charge is 2.32. The van der Waals surface area contributed by atoms with Gasteiger partial charge < -0.3 is 10.2 Å². The Morgan fingerprint density at radius 1 is 1.00 bits per heavy atom. The average Bonchev–Trinajstić information content (AvgIpc) is 2.79. The van der Waals surface area contributed by atoms with Crippen molar-refractivity contribution in [3.63, 3.8) is 0 Å². The predicted octanol–water partition coefficient (Wildman–Crippen LogP) is 3.68. The maximum absolute atomic E-state index is 13.4. The number of hydrogen-bond donors (Lipinski definition) is 1. The summed E-state index contributed by atoms with van der Waals surface area (Å²) in [6, 6.07) is 14.3. The van der Waals surface area contributed by atoms with Gasteiger partial charge in [0, 0.05) is 24.7 Å². The Balaban J connectivity index is 2.29. The number of nitrogens with one attached hydrogen (secondary N) is 1. The van der Waals surface area contributed by atoms with Crippen LogP contribution in [0.1, 0.15) is 39.2 Å². The predicted molar refractivity (Wildman–Crippen MR) is 130 cm³/mol. The maximum Gasteiger partial charge on any atom is 0.243 e. The number of carbonyl (C=O) groups is 2. The molecule has 2 rings (SSSR count). The molecule has 1 N–H and O–H groups in total. The molecule has 33 heavy (non-hydrogen) atoms. The van der Waals surface area contributed by atoms with Crippen LogP contribution in [0.15, 0.2) is 59.5 Å². The van der Waals surface area contributed by atoms with Gasteiger partial charge in [0.15, 0.2) is 0 Å². The highest BCUT2D eigenvalue weighted by atomic mass is 35.5. The van der Waals surface area contributed by atoms with Gasteiger partial charge in [-0.2, -0.15) is 4.31 Å². The number of carbonyl (C=O) groups excluding carboxylic acids is 2. The van der Waals surface area contributed by atoms with Gasteiger partial charge >= 0.3 is 0 Å². The van der Waals surface area contributed by atoms with Crippen LogP contribution in [0.4, 0.5) is 0 Å². The van der Waals surface area contributed by atoms with Gasteiger partial charge in [-0.05, 0) is 49.6 Å². The van der Waals surface area contributed by atoms with Crippen LogP contribution in [0.5, 0.6) is 0 Å². The quantitative estimate of drug-likeness (QED) is 0.517. The van der Waals surface area contributed by atoms with E-state index in [1.807, 2.05) is 51.1 Å². The number of nitrogens with zero attached hydrogens (tertiary/aromatic N) is 2. The van der Waals surface area contributed by atoms with Crippen LogP contribution in [0.25, 0.3) is 0 Å². The molecule has 0 aliphatic carbocycles. The van der Waals surface area contributed by atoms with E-state index in [2.05, 4.69) is 5.32 Å². The molecule has 0 radical (unpaired) electrons. The maximum atomic E-state index is 13.4. The van der Waals surface area contributed by atoms with E-state index in [9.17, 15) is 18.0 Å². The summed E-state index contributed by atoms with van der Waals surface area (Å²) in [6.07, 6.45) is 1.16. The number of sulfonamides is 1. The van der Waals surface area contributed by atoms with E-state index in [1.54, 1.807) is 0 Å². The lowest BCUT2D eigenvalue weighted by Gasteiger charge is -2.32. The highest BCUT2D eigenvalue weighted by molar-refractivity contribution is 7.89. The first-order chi connectivity index (χ1) is 15.6. The molecule has 2 aromatic rings. The summed E-state index contributed by atoms with van der Waals surface area (Å²) in [7, 11) is -2.56. The minimum Gasteiger partial charge on any atom is -0.352 e. The first-order valence-corrected chi connectivity index (χ1v) is 12.8. The van der Waals surface area contributed by atoms with E-state index in [-0.39, 0.29) is 23.4 Å². The average molecular weight is 494 g/mol. The van der Waals surface area contributed by atoms with Crippen LogP contribution in [0.2, 0.25) is 5.02 Å². The van der Waals surface area contributed by atoms with Gasteiger partial charge in [0.25, 0.3) is 0 Å². The number of amides is 2. The molecule has 0 bridgehead atoms. The molecule has 2 aromatic carbocycles. The molecule has 0 aliphatic heterocycles. The Morgan fingerprint density at radius 2 is 1.61 bits per heavy atom. The highest BCUT2D eigenvalue weighted by Crippen LogP contribution is 2.19. The lowest BCUT2D eigenvalue weighted by Crippen LogP contribution is -2.53. The SMILES string of the molecule is CC[C@@H](C)NC(=O)[C@H](CC)N(Cc1ccccc1)C(=O)CN(C)S(=O)(=O)c1ccc(Cl)cc1. The first-order valence-electron chi connectivity index (χ1n) is 11.0. The van der Waals surface area contributed by atoms with Crippen molar-refractivity contribution in [1.82, 2.24) is 14.5 Å². The summed E-state index contributed by atoms with van der Waals surface area (Å²) >= 11 is 5.86. The van der Waals surface area contributed by atoms with Crippen LogP contribution < -0.4 is 5.32 Å². The Labute approximate surface area is 201 Å². The summed E-state index contributed by atoms with van der Waals surface area (Å²) in [5.41, 5.74) is 0.851. The van der Waals surface area contributed by atoms with Crippen LogP contribution in [-0.2, 0) is 26.2 Å². The molecular weight excluding hydrogens is 462 g/mol. The second-order valence-electron chi connectivity index (χ2n) is 7.96. The fourth-order valence-electron chi connectivity index (χ4n) is 3.29. The normalized spacial score (nSPS) is 13.4. The Kier molecular flexibility index (Phi) is 9.88. The summed E-state index contributed by atoms with van der Waals surface area (Å²) in [5.74, 6) is -0.704. The Bertz CT molecular complexity index is 1030. The molecule has 0 aliphatic rings. The summed E-state index contributed by atoms with van der Waals surface area (Å²) in [4.78, 5) is 27.8. The summed E-state index contributed by atoms with van der Waals surface area (Å²) < 4.78 is 26.9. The van der Waals surface area contributed by atoms with Gasteiger partial charge in [0.05, 0.1) is 11.4 Å². The van der Waals surface area contributed by atoms with Crippen molar-refractivity contribution in [1.29, 1.82) is 0 Å². The molecule has 7 nitrogen and oxygen atoms in total. The van der Waals surface area contributed by atoms with Crippen LogP contribution in [0.3, 0.4) is 0 Å². The molecule has 2 amide bonds. The third kappa shape index (κ3) is 7.28. The second-order valence-corrected chi connectivity index (χ2v) is 10.4. The minimum absolute atomic E-state index is 0.0341. The minimum atomic E-state index is -3.91. The van der Waals surface area contributed by atoms with Crippen molar-refractivity contribution in [2.75, 3.05) is 13.6 Å². The third-order valence-electron chi connectivity index (χ3n) is 5.46. The topological polar surface area (TPSA) is 86.8 Å². The lowest BCUT2D eigenvalue weighted by molar-refractivity contribution is -0.141. The Hall–Kier alpha value is -2.42. The number of likely N-dealkylation sites (N-methyl/N-ethyl adjacent to an activating group) is 1. The zero-order valence-corrected chi connectivity index (χ0v) is 21.1. The van der Waals surface area contributed by atoms with Gasteiger partial charge in [-0.15, -0.1) is 0 Å². The van der Waals surface area contributed by atoms with Crippen molar-refractivity contribution < 1.29 is 18.0 Å². The van der Waals surface area contributed by atoms with Crippen LogP contribution in [0, 0.1) is 0 Å². The molecule has 0 heterocycles. The molecule has 0 aromatic heterocycles. The van der Waals surface area contributed by atoms with E-state index in [1.165, 1.54) is 36.2 Å². The first kappa shape index (κ1) is 26.8. The van der Waals surface area contributed by atoms with Crippen molar-refractivity contribution >= 4 is 33.4 Å². The smallest absolute Gasteiger partial charge is 0.243 e. The van der Waals surface area contributed by atoms with Crippen LogP contribution >= 0.6 is 11.6 Å². The van der Waals surface area contributed by atoms with Gasteiger partial charge in [-0.3, -0.25) is 9.59 Å². The van der Waals surface area contributed by atoms with Gasteiger partial charge in [0.1, 0.15) is 6.04 Å². The van der Waals surface area contributed by atoms with E-state index in [0.717, 1.165) is 16.3 Å². The number of benzene rings is 2. The number of hydrogen-bond acceptors (Lipinski definition) is 4. The van der Waals surface area contributed by atoms with Crippen molar-refractivity contribution in [3.05, 3.63) is 65.2 Å². The standard InChI is InChI=1S/C24H32ClN3O4S/c1-5-18(3)26-24(30)22(6-2)28(16-19-10-8-7-9-11-19)23(29)17-27(4)33(31,32)21-14-12-20(25)13-15-21/h7-15,18,22H,5-6,16-17H2,1-4H3,(H,26,30)/t18-,22+/m1/s1. The molecule has 0 saturated heterocycles. The van der Waals surface area contributed by atoms with E-state index >= 15 is 0 Å². The summed E-state index contributed by atoms with van der Waals surface area (Å²) in [6.45, 7) is 5.50. The zero-order valence-electron chi connectivity index (χ0n) is 19.5. The molecule has 2 atom stereocenters. The van der Waals surface area contributed by atoms with Crippen LogP contribution in [-0.4, -0.2) is 55.1 Å². The van der Waals surface area contributed by atoms with Gasteiger partial charge in [0.2, 0.25) is 21.8 Å². The molecule has 0 unspecified atom stereocenters. The monoisotopic (exact) mass is 493 g/mol. The largest absolute Gasteiger partial charge is 0.352 e. The van der Waals surface area contributed by atoms with Gasteiger partial charge in [-0.25, -0.2) is 8.42 Å². The summed E-state index contributed by atoms with van der Waals surface area (Å²) in [5, 5.41) is 3.36. The Morgan fingerprint density at radius 3 is 2.15 bits per heavy atom. The van der Waals surface area contributed by atoms with Crippen molar-refractivity contribution in [2.24, 2.45) is 0 Å². The number of rotatable bonds is 11. The van der Waals surface area contributed by atoms with E-state index < -0.39 is 28.5 Å². The van der Waals surface area contributed by atoms with Crippen molar-refractivity contribution in [3.8, 4) is 0 Å². The van der Waals surface area contributed by atoms with Crippen molar-refractivity contribution in [2.45, 2.75) is 57.1 Å². The second kappa shape index (κ2) is 12.2. The molecule has 9 heteroatoms. The van der Waals surface area contributed by atoms with E-state index in [4.69, 9.17) is 11.6 Å². The zero-order chi connectivity index (χ0) is 24.6. The fourth-order valence-corrected chi connectivity index (χ4v) is 4.54. The van der Waals surface area contributed by atoms with Gasteiger partial charge in [-0.1, -0.05) is 55.8 Å². The molecular formula is C24H32ClN3O4S. The third-order valence-corrected chi connectivity index (χ3v) is 7.53. The van der Waals surface area contributed by atoms with E-state index in [0.29, 0.717) is 11.4 Å². The molecule has 180 valence electrons. The molecule has 0 fully saturated rings. The lowest BCUT2D eigenvalue weighted by atomic mass is 10.1.